The van der Waals surface area contributed by atoms with Crippen molar-refractivity contribution in [2.45, 2.75) is 0 Å². The number of rotatable bonds is 2. The third-order valence-corrected chi connectivity index (χ3v) is 3.19. The van der Waals surface area contributed by atoms with Crippen molar-refractivity contribution in [3.63, 3.8) is 0 Å². The van der Waals surface area contributed by atoms with E-state index in [9.17, 15) is 9.90 Å². The van der Waals surface area contributed by atoms with Crippen LogP contribution in [0.15, 0.2) is 42.5 Å². The number of fused-ring (bicyclic) bond motifs is 1. The highest BCUT2D eigenvalue weighted by Gasteiger charge is 2.24. The molecule has 20 heavy (non-hydrogen) atoms. The first-order valence-electron chi connectivity index (χ1n) is 6.18. The van der Waals surface area contributed by atoms with Crippen molar-refractivity contribution in [3.05, 3.63) is 53.6 Å². The second-order valence-electron chi connectivity index (χ2n) is 4.52. The minimum atomic E-state index is -0.156. The van der Waals surface area contributed by atoms with E-state index in [-0.39, 0.29) is 11.7 Å². The van der Waals surface area contributed by atoms with E-state index < -0.39 is 0 Å². The number of hydrogen-bond acceptors (Lipinski definition) is 3. The predicted molar refractivity (Wildman–Crippen MR) is 77.6 cm³/mol. The molecule has 2 aromatic rings. The summed E-state index contributed by atoms with van der Waals surface area (Å²) in [4.78, 5) is 12.0. The smallest absolute Gasteiger partial charge is 0.256 e. The Labute approximate surface area is 116 Å². The minimum Gasteiger partial charge on any atom is -0.508 e. The number of methoxy groups -OCH3 is 1. The van der Waals surface area contributed by atoms with Crippen LogP contribution in [0.1, 0.15) is 11.1 Å². The minimum absolute atomic E-state index is 0.156. The molecule has 0 bridgehead atoms. The lowest BCUT2D eigenvalue weighted by atomic mass is 10.0. The number of carbonyl (C=O) groups is 1. The van der Waals surface area contributed by atoms with Gasteiger partial charge in [0.05, 0.1) is 12.8 Å². The van der Waals surface area contributed by atoms with Crippen LogP contribution in [0.3, 0.4) is 0 Å². The van der Waals surface area contributed by atoms with E-state index in [0.29, 0.717) is 11.3 Å². The first kappa shape index (κ1) is 12.3. The van der Waals surface area contributed by atoms with Gasteiger partial charge in [-0.25, -0.2) is 0 Å². The fourth-order valence-electron chi connectivity index (χ4n) is 2.23. The summed E-state index contributed by atoms with van der Waals surface area (Å²) in [5, 5.41) is 12.3. The van der Waals surface area contributed by atoms with Gasteiger partial charge in [-0.1, -0.05) is 12.1 Å². The SMILES string of the molecule is COc1ccc2c(c1)NC(=O)/C2=C\c1cccc(O)c1. The van der Waals surface area contributed by atoms with Crippen LogP contribution in [0.2, 0.25) is 0 Å². The van der Waals surface area contributed by atoms with Crippen molar-refractivity contribution < 1.29 is 14.6 Å². The van der Waals surface area contributed by atoms with E-state index in [2.05, 4.69) is 5.32 Å². The summed E-state index contributed by atoms with van der Waals surface area (Å²) in [5.41, 5.74) is 2.92. The molecule has 4 nitrogen and oxygen atoms in total. The molecule has 0 radical (unpaired) electrons. The highest BCUT2D eigenvalue weighted by molar-refractivity contribution is 6.35. The molecule has 3 rings (SSSR count). The van der Waals surface area contributed by atoms with Gasteiger partial charge >= 0.3 is 0 Å². The Morgan fingerprint density at radius 2 is 2.05 bits per heavy atom. The average molecular weight is 267 g/mol. The van der Waals surface area contributed by atoms with E-state index in [1.54, 1.807) is 37.5 Å². The lowest BCUT2D eigenvalue weighted by molar-refractivity contribution is -0.110. The van der Waals surface area contributed by atoms with Crippen molar-refractivity contribution in [1.29, 1.82) is 0 Å². The number of ether oxygens (including phenoxy) is 1. The fraction of sp³-hybridized carbons (Fsp3) is 0.0625. The van der Waals surface area contributed by atoms with E-state index in [1.165, 1.54) is 0 Å². The van der Waals surface area contributed by atoms with Gasteiger partial charge in [-0.05, 0) is 35.9 Å². The summed E-state index contributed by atoms with van der Waals surface area (Å²) in [7, 11) is 1.59. The Morgan fingerprint density at radius 3 is 2.80 bits per heavy atom. The molecule has 1 aliphatic rings. The molecule has 1 heterocycles. The zero-order valence-corrected chi connectivity index (χ0v) is 10.9. The average Bonchev–Trinajstić information content (AvgIpc) is 2.74. The second kappa shape index (κ2) is 4.74. The van der Waals surface area contributed by atoms with E-state index in [0.717, 1.165) is 16.8 Å². The maximum Gasteiger partial charge on any atom is 0.256 e. The van der Waals surface area contributed by atoms with Gasteiger partial charge in [-0.3, -0.25) is 4.79 Å². The van der Waals surface area contributed by atoms with Crippen LogP contribution in [-0.2, 0) is 4.79 Å². The Kier molecular flexibility index (Phi) is 2.91. The van der Waals surface area contributed by atoms with Gasteiger partial charge in [0.15, 0.2) is 0 Å². The number of nitrogens with one attached hydrogen (secondary N) is 1. The summed E-state index contributed by atoms with van der Waals surface area (Å²) in [6.45, 7) is 0. The van der Waals surface area contributed by atoms with Gasteiger partial charge < -0.3 is 15.2 Å². The summed E-state index contributed by atoms with van der Waals surface area (Å²) < 4.78 is 5.14. The number of anilines is 1. The molecule has 0 saturated carbocycles. The van der Waals surface area contributed by atoms with Gasteiger partial charge in [0.1, 0.15) is 11.5 Å². The molecular weight excluding hydrogens is 254 g/mol. The van der Waals surface area contributed by atoms with Gasteiger partial charge in [-0.2, -0.15) is 0 Å². The van der Waals surface area contributed by atoms with E-state index >= 15 is 0 Å². The van der Waals surface area contributed by atoms with Crippen LogP contribution in [-0.4, -0.2) is 18.1 Å². The number of amides is 1. The number of phenols is 1. The van der Waals surface area contributed by atoms with E-state index in [1.807, 2.05) is 18.2 Å². The maximum absolute atomic E-state index is 12.0. The van der Waals surface area contributed by atoms with Gasteiger partial charge in [0.25, 0.3) is 5.91 Å². The van der Waals surface area contributed by atoms with Crippen LogP contribution in [0.25, 0.3) is 11.6 Å². The molecule has 0 unspecified atom stereocenters. The van der Waals surface area contributed by atoms with Crippen LogP contribution < -0.4 is 10.1 Å². The molecule has 2 aromatic carbocycles. The summed E-state index contributed by atoms with van der Waals surface area (Å²) in [6, 6.07) is 12.2. The van der Waals surface area contributed by atoms with Crippen LogP contribution >= 0.6 is 0 Å². The first-order chi connectivity index (χ1) is 9.67. The van der Waals surface area contributed by atoms with Crippen molar-refractivity contribution >= 4 is 23.2 Å². The molecule has 1 amide bonds. The third-order valence-electron chi connectivity index (χ3n) is 3.19. The van der Waals surface area contributed by atoms with Crippen molar-refractivity contribution in [2.75, 3.05) is 12.4 Å². The van der Waals surface area contributed by atoms with Crippen molar-refractivity contribution in [3.8, 4) is 11.5 Å². The highest BCUT2D eigenvalue weighted by atomic mass is 16.5. The van der Waals surface area contributed by atoms with Gasteiger partial charge in [0.2, 0.25) is 0 Å². The molecule has 0 saturated heterocycles. The number of carbonyl (C=O) groups excluding carboxylic acids is 1. The number of benzene rings is 2. The van der Waals surface area contributed by atoms with Crippen LogP contribution in [0.4, 0.5) is 5.69 Å². The molecule has 2 N–H and O–H groups in total. The van der Waals surface area contributed by atoms with Crippen LogP contribution in [0, 0.1) is 0 Å². The summed E-state index contributed by atoms with van der Waals surface area (Å²) >= 11 is 0. The largest absolute Gasteiger partial charge is 0.508 e. The Hall–Kier alpha value is -2.75. The standard InChI is InChI=1S/C16H13NO3/c1-20-12-5-6-13-14(16(19)17-15(13)9-12)8-10-3-2-4-11(18)7-10/h2-9,18H,1H3,(H,17,19)/b14-8-. The summed E-state index contributed by atoms with van der Waals surface area (Å²) in [5.74, 6) is 0.715. The van der Waals surface area contributed by atoms with E-state index in [4.69, 9.17) is 4.74 Å². The highest BCUT2D eigenvalue weighted by Crippen LogP contribution is 2.35. The molecule has 0 atom stereocenters. The quantitative estimate of drug-likeness (QED) is 0.822. The molecule has 0 aromatic heterocycles. The lowest BCUT2D eigenvalue weighted by Crippen LogP contribution is -2.03. The van der Waals surface area contributed by atoms with Gasteiger partial charge in [-0.15, -0.1) is 0 Å². The zero-order chi connectivity index (χ0) is 14.1. The third kappa shape index (κ3) is 2.12. The second-order valence-corrected chi connectivity index (χ2v) is 4.52. The van der Waals surface area contributed by atoms with Crippen molar-refractivity contribution in [2.24, 2.45) is 0 Å². The molecule has 4 heteroatoms. The Balaban J connectivity index is 2.06. The molecular formula is C16H13NO3. The number of hydrogen-bond donors (Lipinski definition) is 2. The summed E-state index contributed by atoms with van der Waals surface area (Å²) in [6.07, 6.45) is 1.76. The zero-order valence-electron chi connectivity index (χ0n) is 10.9. The Bertz CT molecular complexity index is 719. The Morgan fingerprint density at radius 1 is 1.20 bits per heavy atom. The van der Waals surface area contributed by atoms with Crippen molar-refractivity contribution in [1.82, 2.24) is 0 Å². The molecule has 0 fully saturated rings. The molecule has 0 spiro atoms. The number of phenolic OH excluding ortho intramolecular Hbond substituents is 1. The lowest BCUT2D eigenvalue weighted by Gasteiger charge is -2.02. The monoisotopic (exact) mass is 267 g/mol. The number of aromatic hydroxyl groups is 1. The predicted octanol–water partition coefficient (Wildman–Crippen LogP) is 2.89. The molecule has 1 aliphatic heterocycles. The fourth-order valence-corrected chi connectivity index (χ4v) is 2.23. The molecule has 0 aliphatic carbocycles. The first-order valence-corrected chi connectivity index (χ1v) is 6.18. The van der Waals surface area contributed by atoms with Gasteiger partial charge in [0, 0.05) is 17.2 Å². The van der Waals surface area contributed by atoms with Crippen LogP contribution in [0.5, 0.6) is 11.5 Å². The molecule has 100 valence electrons. The topological polar surface area (TPSA) is 58.6 Å². The normalized spacial score (nSPS) is 15.1. The maximum atomic E-state index is 12.0.